The second-order valence-electron chi connectivity index (χ2n) is 4.11. The Kier molecular flexibility index (Phi) is 4.54. The van der Waals surface area contributed by atoms with E-state index in [4.69, 9.17) is 5.84 Å². The molecule has 0 saturated heterocycles. The van der Waals surface area contributed by atoms with Gasteiger partial charge in [-0.1, -0.05) is 34.1 Å². The first-order chi connectivity index (χ1) is 9.60. The lowest BCUT2D eigenvalue weighted by Crippen LogP contribution is -2.08. The lowest BCUT2D eigenvalue weighted by Gasteiger charge is -2.10. The molecule has 104 valence electrons. The zero-order valence-electron chi connectivity index (χ0n) is 10.5. The van der Waals surface area contributed by atoms with Gasteiger partial charge in [-0.05, 0) is 17.7 Å². The van der Waals surface area contributed by atoms with E-state index in [0.29, 0.717) is 17.9 Å². The van der Waals surface area contributed by atoms with Gasteiger partial charge in [-0.25, -0.2) is 0 Å². The van der Waals surface area contributed by atoms with Crippen LogP contribution in [0.4, 0.5) is 17.1 Å². The van der Waals surface area contributed by atoms with Crippen molar-refractivity contribution in [2.75, 3.05) is 10.7 Å². The number of nitrogens with two attached hydrogens (primary N) is 1. The second kappa shape index (κ2) is 6.36. The van der Waals surface area contributed by atoms with Crippen LogP contribution in [0.5, 0.6) is 0 Å². The van der Waals surface area contributed by atoms with E-state index in [0.717, 1.165) is 10.0 Å². The Balaban J connectivity index is 2.19. The molecule has 0 aliphatic rings. The molecule has 0 fully saturated rings. The van der Waals surface area contributed by atoms with E-state index in [1.54, 1.807) is 6.07 Å². The zero-order valence-corrected chi connectivity index (χ0v) is 12.1. The third kappa shape index (κ3) is 3.46. The van der Waals surface area contributed by atoms with Gasteiger partial charge in [-0.3, -0.25) is 16.0 Å². The van der Waals surface area contributed by atoms with Crippen molar-refractivity contribution in [1.82, 2.24) is 0 Å². The number of nitrogens with one attached hydrogen (secondary N) is 2. The van der Waals surface area contributed by atoms with Crippen LogP contribution < -0.4 is 16.6 Å². The van der Waals surface area contributed by atoms with Crippen molar-refractivity contribution in [3.05, 3.63) is 62.6 Å². The summed E-state index contributed by atoms with van der Waals surface area (Å²) in [6.45, 7) is 0.548. The molecule has 7 heteroatoms. The van der Waals surface area contributed by atoms with Crippen molar-refractivity contribution in [2.45, 2.75) is 6.54 Å². The number of rotatable bonds is 5. The van der Waals surface area contributed by atoms with E-state index in [1.807, 2.05) is 24.3 Å². The number of hydrogen-bond acceptors (Lipinski definition) is 5. The third-order valence-corrected chi connectivity index (χ3v) is 3.51. The van der Waals surface area contributed by atoms with Gasteiger partial charge in [-0.2, -0.15) is 0 Å². The highest BCUT2D eigenvalue weighted by Crippen LogP contribution is 2.25. The van der Waals surface area contributed by atoms with E-state index in [1.165, 1.54) is 12.1 Å². The van der Waals surface area contributed by atoms with Crippen LogP contribution >= 0.6 is 15.9 Å². The van der Waals surface area contributed by atoms with Crippen LogP contribution in [-0.2, 0) is 6.54 Å². The third-order valence-electron chi connectivity index (χ3n) is 2.74. The van der Waals surface area contributed by atoms with Crippen molar-refractivity contribution < 1.29 is 4.92 Å². The van der Waals surface area contributed by atoms with Gasteiger partial charge in [0, 0.05) is 28.8 Å². The largest absolute Gasteiger partial charge is 0.381 e. The summed E-state index contributed by atoms with van der Waals surface area (Å²) in [6.07, 6.45) is 0. The van der Waals surface area contributed by atoms with Crippen LogP contribution in [0.2, 0.25) is 0 Å². The van der Waals surface area contributed by atoms with Crippen molar-refractivity contribution in [1.29, 1.82) is 0 Å². The van der Waals surface area contributed by atoms with Crippen molar-refractivity contribution in [3.63, 3.8) is 0 Å². The number of hydrazine groups is 1. The first-order valence-corrected chi connectivity index (χ1v) is 6.63. The van der Waals surface area contributed by atoms with Crippen LogP contribution in [-0.4, -0.2) is 4.92 Å². The molecular formula is C13H13BrN4O2. The summed E-state index contributed by atoms with van der Waals surface area (Å²) in [5.41, 5.74) is 4.56. The van der Waals surface area contributed by atoms with Gasteiger partial charge < -0.3 is 10.7 Å². The maximum Gasteiger partial charge on any atom is 0.273 e. The van der Waals surface area contributed by atoms with Crippen LogP contribution in [0.3, 0.4) is 0 Å². The highest BCUT2D eigenvalue weighted by molar-refractivity contribution is 9.10. The first-order valence-electron chi connectivity index (χ1n) is 5.83. The topological polar surface area (TPSA) is 93.2 Å². The minimum Gasteiger partial charge on any atom is -0.381 e. The molecule has 0 aromatic heterocycles. The van der Waals surface area contributed by atoms with Gasteiger partial charge in [0.1, 0.15) is 0 Å². The number of halogens is 1. The van der Waals surface area contributed by atoms with Crippen LogP contribution in [0.15, 0.2) is 46.9 Å². The number of anilines is 2. The zero-order chi connectivity index (χ0) is 14.5. The summed E-state index contributed by atoms with van der Waals surface area (Å²) in [5.74, 6) is 5.31. The Labute approximate surface area is 124 Å². The highest BCUT2D eigenvalue weighted by atomic mass is 79.9. The molecule has 2 rings (SSSR count). The minimum atomic E-state index is -0.454. The SMILES string of the molecule is NNc1cc(NCc2ccccc2Br)cc([N+](=O)[O-])c1. The van der Waals surface area contributed by atoms with E-state index in [9.17, 15) is 10.1 Å². The molecule has 0 radical (unpaired) electrons. The standard InChI is InChI=1S/C13H13BrN4O2/c14-13-4-2-1-3-9(13)8-16-10-5-11(17-15)7-12(6-10)18(19)20/h1-7,16-17H,8,15H2. The van der Waals surface area contributed by atoms with Gasteiger partial charge in [-0.15, -0.1) is 0 Å². The highest BCUT2D eigenvalue weighted by Gasteiger charge is 2.09. The summed E-state index contributed by atoms with van der Waals surface area (Å²) in [6, 6.07) is 12.3. The van der Waals surface area contributed by atoms with Gasteiger partial charge in [0.15, 0.2) is 0 Å². The Hall–Kier alpha value is -2.12. The average molecular weight is 337 g/mol. The number of nitro benzene ring substituents is 1. The molecule has 0 spiro atoms. The Morgan fingerprint density at radius 2 is 1.90 bits per heavy atom. The minimum absolute atomic E-state index is 0.0184. The van der Waals surface area contributed by atoms with E-state index >= 15 is 0 Å². The summed E-state index contributed by atoms with van der Waals surface area (Å²) in [5, 5.41) is 14.0. The quantitative estimate of drug-likeness (QED) is 0.442. The summed E-state index contributed by atoms with van der Waals surface area (Å²) < 4.78 is 0.982. The fraction of sp³-hybridized carbons (Fsp3) is 0.0769. The lowest BCUT2D eigenvalue weighted by molar-refractivity contribution is -0.384. The molecule has 0 saturated carbocycles. The summed E-state index contributed by atoms with van der Waals surface area (Å²) >= 11 is 3.46. The fourth-order valence-electron chi connectivity index (χ4n) is 1.74. The molecule has 0 bridgehead atoms. The number of nitrogen functional groups attached to an aromatic ring is 1. The van der Waals surface area contributed by atoms with Crippen LogP contribution in [0, 0.1) is 10.1 Å². The number of benzene rings is 2. The molecule has 2 aromatic carbocycles. The Bertz CT molecular complexity index is 634. The van der Waals surface area contributed by atoms with E-state index in [2.05, 4.69) is 26.7 Å². The molecule has 20 heavy (non-hydrogen) atoms. The summed E-state index contributed by atoms with van der Waals surface area (Å²) in [4.78, 5) is 10.4. The number of hydrogen-bond donors (Lipinski definition) is 3. The number of nitrogens with zero attached hydrogens (tertiary/aromatic N) is 1. The Morgan fingerprint density at radius 1 is 1.20 bits per heavy atom. The molecule has 0 unspecified atom stereocenters. The van der Waals surface area contributed by atoms with Crippen LogP contribution in [0.1, 0.15) is 5.56 Å². The average Bonchev–Trinajstić information content (AvgIpc) is 2.46. The number of nitro groups is 1. The normalized spacial score (nSPS) is 10.1. The molecule has 6 nitrogen and oxygen atoms in total. The van der Waals surface area contributed by atoms with Gasteiger partial charge >= 0.3 is 0 Å². The van der Waals surface area contributed by atoms with Gasteiger partial charge in [0.05, 0.1) is 10.6 Å². The second-order valence-corrected chi connectivity index (χ2v) is 4.97. The predicted octanol–water partition coefficient (Wildman–Crippen LogP) is 3.26. The maximum atomic E-state index is 10.9. The smallest absolute Gasteiger partial charge is 0.273 e. The molecule has 2 aromatic rings. The van der Waals surface area contributed by atoms with Crippen molar-refractivity contribution in [3.8, 4) is 0 Å². The number of non-ortho nitro benzene ring substituents is 1. The first kappa shape index (κ1) is 14.3. The van der Waals surface area contributed by atoms with Gasteiger partial charge in [0.2, 0.25) is 0 Å². The van der Waals surface area contributed by atoms with Gasteiger partial charge in [0.25, 0.3) is 5.69 Å². The molecule has 0 heterocycles. The summed E-state index contributed by atoms with van der Waals surface area (Å²) in [7, 11) is 0. The molecular weight excluding hydrogens is 324 g/mol. The maximum absolute atomic E-state index is 10.9. The monoisotopic (exact) mass is 336 g/mol. The van der Waals surface area contributed by atoms with E-state index in [-0.39, 0.29) is 5.69 Å². The molecule has 4 N–H and O–H groups in total. The Morgan fingerprint density at radius 3 is 2.55 bits per heavy atom. The van der Waals surface area contributed by atoms with Crippen molar-refractivity contribution >= 4 is 33.0 Å². The predicted molar refractivity (Wildman–Crippen MR) is 82.4 cm³/mol. The fourth-order valence-corrected chi connectivity index (χ4v) is 2.17. The lowest BCUT2D eigenvalue weighted by atomic mass is 10.2. The van der Waals surface area contributed by atoms with Crippen molar-refractivity contribution in [2.24, 2.45) is 5.84 Å². The molecule has 0 atom stereocenters. The van der Waals surface area contributed by atoms with E-state index < -0.39 is 4.92 Å². The molecule has 0 aliphatic heterocycles. The molecule has 0 amide bonds. The molecule has 0 aliphatic carbocycles. The van der Waals surface area contributed by atoms with Crippen LogP contribution in [0.25, 0.3) is 0 Å².